The van der Waals surface area contributed by atoms with Crippen molar-refractivity contribution in [1.29, 1.82) is 0 Å². The number of hydrogen-bond acceptors (Lipinski definition) is 4. The number of aliphatic hydroxyl groups is 1. The largest absolute Gasteiger partial charge is 0.393 e. The van der Waals surface area contributed by atoms with Crippen LogP contribution in [-0.4, -0.2) is 34.6 Å². The van der Waals surface area contributed by atoms with Crippen LogP contribution in [0.4, 0.5) is 5.69 Å². The summed E-state index contributed by atoms with van der Waals surface area (Å²) in [6, 6.07) is 1.62. The molecule has 0 aliphatic rings. The van der Waals surface area contributed by atoms with Crippen LogP contribution in [0.3, 0.4) is 0 Å². The van der Waals surface area contributed by atoms with Gasteiger partial charge in [0, 0.05) is 26.2 Å². The number of aliphatic hydroxyl groups excluding tert-OH is 1. The van der Waals surface area contributed by atoms with Gasteiger partial charge in [-0.2, -0.15) is 5.10 Å². The Labute approximate surface area is 108 Å². The third-order valence-corrected chi connectivity index (χ3v) is 2.85. The predicted molar refractivity (Wildman–Crippen MR) is 73.0 cm³/mol. The second-order valence-corrected chi connectivity index (χ2v) is 4.69. The third kappa shape index (κ3) is 4.49. The average molecular weight is 253 g/mol. The van der Waals surface area contributed by atoms with E-state index in [2.05, 4.69) is 12.0 Å². The van der Waals surface area contributed by atoms with E-state index < -0.39 is 0 Å². The average Bonchev–Trinajstić information content (AvgIpc) is 2.31. The summed E-state index contributed by atoms with van der Waals surface area (Å²) >= 11 is 0. The van der Waals surface area contributed by atoms with Gasteiger partial charge >= 0.3 is 0 Å². The lowest BCUT2D eigenvalue weighted by Gasteiger charge is -2.17. The molecule has 1 atom stereocenters. The van der Waals surface area contributed by atoms with Crippen LogP contribution in [0, 0.1) is 0 Å². The topological polar surface area (TPSA) is 58.4 Å². The van der Waals surface area contributed by atoms with Gasteiger partial charge in [-0.1, -0.05) is 6.92 Å². The molecule has 5 nitrogen and oxygen atoms in total. The standard InChI is InChI=1S/C13H23N3O2/c1-4-7-15(3)12-9-13(18)16(14-10-12)8-5-6-11(2)17/h9-11,17H,4-8H2,1-3H3. The molecule has 0 saturated carbocycles. The summed E-state index contributed by atoms with van der Waals surface area (Å²) in [6.07, 6.45) is 3.88. The highest BCUT2D eigenvalue weighted by Gasteiger charge is 2.04. The summed E-state index contributed by atoms with van der Waals surface area (Å²) < 4.78 is 1.45. The minimum atomic E-state index is -0.323. The summed E-state index contributed by atoms with van der Waals surface area (Å²) in [5, 5.41) is 13.3. The fourth-order valence-corrected chi connectivity index (χ4v) is 1.80. The first-order valence-electron chi connectivity index (χ1n) is 6.51. The Bertz CT molecular complexity index is 415. The predicted octanol–water partition coefficient (Wildman–Crippen LogP) is 1.25. The second-order valence-electron chi connectivity index (χ2n) is 4.69. The van der Waals surface area contributed by atoms with Crippen molar-refractivity contribution >= 4 is 5.69 Å². The maximum Gasteiger partial charge on any atom is 0.268 e. The van der Waals surface area contributed by atoms with E-state index in [1.807, 2.05) is 11.9 Å². The third-order valence-electron chi connectivity index (χ3n) is 2.85. The van der Waals surface area contributed by atoms with E-state index in [0.717, 1.165) is 25.1 Å². The van der Waals surface area contributed by atoms with Gasteiger partial charge in [-0.15, -0.1) is 0 Å². The molecular weight excluding hydrogens is 230 g/mol. The van der Waals surface area contributed by atoms with Crippen molar-refractivity contribution in [2.75, 3.05) is 18.5 Å². The highest BCUT2D eigenvalue weighted by molar-refractivity contribution is 5.41. The first-order chi connectivity index (χ1) is 8.54. The smallest absolute Gasteiger partial charge is 0.268 e. The molecule has 1 heterocycles. The van der Waals surface area contributed by atoms with Gasteiger partial charge in [-0.3, -0.25) is 4.79 Å². The molecule has 1 aromatic rings. The van der Waals surface area contributed by atoms with E-state index in [9.17, 15) is 4.79 Å². The van der Waals surface area contributed by atoms with Crippen molar-refractivity contribution in [2.45, 2.75) is 45.8 Å². The Kier molecular flexibility index (Phi) is 5.85. The molecule has 1 aromatic heterocycles. The van der Waals surface area contributed by atoms with Gasteiger partial charge < -0.3 is 10.0 Å². The lowest BCUT2D eigenvalue weighted by Crippen LogP contribution is -2.26. The molecule has 0 fully saturated rings. The van der Waals surface area contributed by atoms with E-state index in [1.165, 1.54) is 4.68 Å². The molecule has 0 bridgehead atoms. The molecule has 18 heavy (non-hydrogen) atoms. The number of anilines is 1. The van der Waals surface area contributed by atoms with Crippen molar-refractivity contribution in [3.8, 4) is 0 Å². The molecule has 102 valence electrons. The van der Waals surface area contributed by atoms with Gasteiger partial charge in [0.1, 0.15) is 0 Å². The van der Waals surface area contributed by atoms with E-state index in [4.69, 9.17) is 5.11 Å². The summed E-state index contributed by atoms with van der Waals surface area (Å²) in [7, 11) is 1.96. The van der Waals surface area contributed by atoms with Gasteiger partial charge in [-0.25, -0.2) is 4.68 Å². The maximum atomic E-state index is 11.8. The zero-order valence-electron chi connectivity index (χ0n) is 11.5. The molecule has 1 unspecified atom stereocenters. The van der Waals surface area contributed by atoms with Crippen LogP contribution in [-0.2, 0) is 6.54 Å². The van der Waals surface area contributed by atoms with Gasteiger partial charge in [0.15, 0.2) is 0 Å². The number of nitrogens with zero attached hydrogens (tertiary/aromatic N) is 3. The van der Waals surface area contributed by atoms with E-state index >= 15 is 0 Å². The quantitative estimate of drug-likeness (QED) is 0.794. The molecule has 0 aliphatic carbocycles. The van der Waals surface area contributed by atoms with E-state index in [0.29, 0.717) is 13.0 Å². The van der Waals surface area contributed by atoms with Crippen LogP contribution >= 0.6 is 0 Å². The first kappa shape index (κ1) is 14.7. The molecule has 0 spiro atoms. The Morgan fingerprint density at radius 2 is 2.28 bits per heavy atom. The Balaban J connectivity index is 2.65. The van der Waals surface area contributed by atoms with Crippen molar-refractivity contribution in [3.05, 3.63) is 22.6 Å². The van der Waals surface area contributed by atoms with Crippen LogP contribution in [0.5, 0.6) is 0 Å². The Morgan fingerprint density at radius 1 is 1.56 bits per heavy atom. The summed E-state index contributed by atoms with van der Waals surface area (Å²) in [6.45, 7) is 5.31. The number of rotatable bonds is 7. The minimum absolute atomic E-state index is 0.0824. The van der Waals surface area contributed by atoms with Crippen molar-refractivity contribution in [1.82, 2.24) is 9.78 Å². The van der Waals surface area contributed by atoms with Crippen molar-refractivity contribution < 1.29 is 5.11 Å². The highest BCUT2D eigenvalue weighted by atomic mass is 16.3. The molecule has 0 amide bonds. The lowest BCUT2D eigenvalue weighted by atomic mass is 10.2. The first-order valence-corrected chi connectivity index (χ1v) is 6.51. The van der Waals surface area contributed by atoms with Crippen LogP contribution in [0.25, 0.3) is 0 Å². The zero-order valence-corrected chi connectivity index (χ0v) is 11.5. The van der Waals surface area contributed by atoms with Crippen LogP contribution in [0.15, 0.2) is 17.1 Å². The lowest BCUT2D eigenvalue weighted by molar-refractivity contribution is 0.178. The van der Waals surface area contributed by atoms with E-state index in [-0.39, 0.29) is 11.7 Å². The number of aryl methyl sites for hydroxylation is 1. The number of hydrogen-bond donors (Lipinski definition) is 1. The fraction of sp³-hybridized carbons (Fsp3) is 0.692. The van der Waals surface area contributed by atoms with Gasteiger partial charge in [0.05, 0.1) is 18.0 Å². The minimum Gasteiger partial charge on any atom is -0.393 e. The number of aromatic nitrogens is 2. The van der Waals surface area contributed by atoms with Crippen molar-refractivity contribution in [3.63, 3.8) is 0 Å². The zero-order chi connectivity index (χ0) is 13.5. The van der Waals surface area contributed by atoms with Crippen LogP contribution in [0.2, 0.25) is 0 Å². The Hall–Kier alpha value is -1.36. The molecule has 1 N–H and O–H groups in total. The molecule has 0 aliphatic heterocycles. The van der Waals surface area contributed by atoms with E-state index in [1.54, 1.807) is 19.2 Å². The van der Waals surface area contributed by atoms with Crippen molar-refractivity contribution in [2.24, 2.45) is 0 Å². The molecule has 5 heteroatoms. The molecule has 1 rings (SSSR count). The van der Waals surface area contributed by atoms with Crippen LogP contribution in [0.1, 0.15) is 33.1 Å². The SMILES string of the molecule is CCCN(C)c1cnn(CCCC(C)O)c(=O)c1. The molecule has 0 aromatic carbocycles. The van der Waals surface area contributed by atoms with Gasteiger partial charge in [0.2, 0.25) is 0 Å². The summed E-state index contributed by atoms with van der Waals surface area (Å²) in [5.74, 6) is 0. The molecule has 0 radical (unpaired) electrons. The van der Waals surface area contributed by atoms with Crippen LogP contribution < -0.4 is 10.5 Å². The molecule has 0 saturated heterocycles. The maximum absolute atomic E-state index is 11.8. The van der Waals surface area contributed by atoms with Gasteiger partial charge in [-0.05, 0) is 26.2 Å². The fourth-order valence-electron chi connectivity index (χ4n) is 1.80. The monoisotopic (exact) mass is 253 g/mol. The summed E-state index contributed by atoms with van der Waals surface area (Å²) in [5.41, 5.74) is 0.773. The Morgan fingerprint density at radius 3 is 2.83 bits per heavy atom. The normalized spacial score (nSPS) is 12.4. The highest BCUT2D eigenvalue weighted by Crippen LogP contribution is 2.07. The van der Waals surface area contributed by atoms with Gasteiger partial charge in [0.25, 0.3) is 5.56 Å². The summed E-state index contributed by atoms with van der Waals surface area (Å²) in [4.78, 5) is 13.9. The molecular formula is C13H23N3O2. The second kappa shape index (κ2) is 7.16.